The molecule has 218 valence electrons. The molecule has 41 heavy (non-hydrogen) atoms. The minimum atomic E-state index is -0.810. The summed E-state index contributed by atoms with van der Waals surface area (Å²) in [6.45, 7) is 9.95. The summed E-state index contributed by atoms with van der Waals surface area (Å²) >= 11 is 0. The van der Waals surface area contributed by atoms with Crippen LogP contribution in [0.25, 0.3) is 0 Å². The number of likely N-dealkylation sites (tertiary alicyclic amines) is 1. The highest BCUT2D eigenvalue weighted by Gasteiger charge is 2.38. The Kier molecular flexibility index (Phi) is 12.5. The van der Waals surface area contributed by atoms with Crippen LogP contribution in [0.4, 0.5) is 0 Å². The summed E-state index contributed by atoms with van der Waals surface area (Å²) in [5, 5.41) is 0. The number of hydrogen-bond acceptors (Lipinski definition) is 7. The Balaban J connectivity index is 1.63. The van der Waals surface area contributed by atoms with Crippen LogP contribution in [0.3, 0.4) is 0 Å². The van der Waals surface area contributed by atoms with Gasteiger partial charge in [0.2, 0.25) is 5.91 Å². The van der Waals surface area contributed by atoms with Crippen LogP contribution in [0.5, 0.6) is 5.75 Å². The third-order valence-corrected chi connectivity index (χ3v) is 6.92. The fraction of sp³-hybridized carbons (Fsp3) is 0.394. The molecule has 0 N–H and O–H groups in total. The number of ketones is 2. The van der Waals surface area contributed by atoms with E-state index in [0.29, 0.717) is 30.7 Å². The molecule has 3 rings (SSSR count). The van der Waals surface area contributed by atoms with Crippen LogP contribution in [0.2, 0.25) is 0 Å². The molecular weight excluding hydrogens is 522 g/mol. The lowest BCUT2D eigenvalue weighted by molar-refractivity contribution is -0.154. The van der Waals surface area contributed by atoms with E-state index in [4.69, 9.17) is 14.2 Å². The Hall–Kier alpha value is -4.04. The second-order valence-electron chi connectivity index (χ2n) is 10.1. The van der Waals surface area contributed by atoms with Crippen molar-refractivity contribution in [2.75, 3.05) is 26.4 Å². The predicted molar refractivity (Wildman–Crippen MR) is 155 cm³/mol. The molecular formula is C33H39NO7. The maximum atomic E-state index is 13.4. The van der Waals surface area contributed by atoms with Gasteiger partial charge in [0.25, 0.3) is 0 Å². The fourth-order valence-corrected chi connectivity index (χ4v) is 4.82. The van der Waals surface area contributed by atoms with Gasteiger partial charge in [-0.05, 0) is 30.5 Å². The van der Waals surface area contributed by atoms with Crippen molar-refractivity contribution in [1.29, 1.82) is 0 Å². The minimum absolute atomic E-state index is 0.00425. The lowest BCUT2D eigenvalue weighted by Crippen LogP contribution is -2.44. The summed E-state index contributed by atoms with van der Waals surface area (Å²) in [6, 6.07) is 15.5. The van der Waals surface area contributed by atoms with E-state index < -0.39 is 23.8 Å². The van der Waals surface area contributed by atoms with Gasteiger partial charge in [0.1, 0.15) is 19.0 Å². The van der Waals surface area contributed by atoms with Gasteiger partial charge < -0.3 is 19.1 Å². The van der Waals surface area contributed by atoms with E-state index in [1.165, 1.54) is 0 Å². The smallest absolute Gasteiger partial charge is 0.312 e. The number of amides is 1. The van der Waals surface area contributed by atoms with E-state index in [9.17, 15) is 19.2 Å². The van der Waals surface area contributed by atoms with E-state index >= 15 is 0 Å². The molecule has 1 aliphatic rings. The van der Waals surface area contributed by atoms with Crippen molar-refractivity contribution < 1.29 is 33.4 Å². The summed E-state index contributed by atoms with van der Waals surface area (Å²) in [4.78, 5) is 54.4. The third kappa shape index (κ3) is 9.25. The molecule has 3 atom stereocenters. The summed E-state index contributed by atoms with van der Waals surface area (Å²) in [5.41, 5.74) is 1.24. The van der Waals surface area contributed by atoms with Gasteiger partial charge in [-0.1, -0.05) is 68.1 Å². The quantitative estimate of drug-likeness (QED) is 0.116. The predicted octanol–water partition coefficient (Wildman–Crippen LogP) is 4.97. The van der Waals surface area contributed by atoms with Gasteiger partial charge in [-0.3, -0.25) is 19.2 Å². The molecule has 1 saturated heterocycles. The zero-order valence-corrected chi connectivity index (χ0v) is 23.7. The van der Waals surface area contributed by atoms with Gasteiger partial charge >= 0.3 is 5.97 Å². The fourth-order valence-electron chi connectivity index (χ4n) is 4.82. The number of rotatable bonds is 17. The number of hydrogen-bond donors (Lipinski definition) is 0. The zero-order valence-electron chi connectivity index (χ0n) is 23.7. The molecule has 0 spiro atoms. The highest BCUT2D eigenvalue weighted by atomic mass is 16.5. The van der Waals surface area contributed by atoms with Crippen LogP contribution < -0.4 is 4.74 Å². The van der Waals surface area contributed by atoms with Gasteiger partial charge in [-0.25, -0.2) is 0 Å². The van der Waals surface area contributed by atoms with E-state index in [1.54, 1.807) is 48.2 Å². The second-order valence-corrected chi connectivity index (χ2v) is 10.1. The largest absolute Gasteiger partial charge is 0.489 e. The summed E-state index contributed by atoms with van der Waals surface area (Å²) < 4.78 is 16.6. The number of para-hydroxylation sites is 1. The van der Waals surface area contributed by atoms with Crippen molar-refractivity contribution >= 4 is 23.4 Å². The number of esters is 1. The van der Waals surface area contributed by atoms with Crippen molar-refractivity contribution in [1.82, 2.24) is 4.90 Å². The number of nitrogens with zero attached hydrogens (tertiary/aromatic N) is 1. The molecule has 0 aromatic heterocycles. The SMILES string of the molecule is C=CCOC[C@H](CC(=O)[C@@H]1CCCN1C(=O)[C@H](C)CC(=O)c1ccccc1OCC=C)C(=O)OCc1ccccc1. The topological polar surface area (TPSA) is 99.2 Å². The van der Waals surface area contributed by atoms with Crippen molar-refractivity contribution in [2.45, 2.75) is 45.3 Å². The Morgan fingerprint density at radius 2 is 1.68 bits per heavy atom. The number of Topliss-reactive ketones (excluding diaryl/α,β-unsaturated/α-hetero) is 2. The van der Waals surface area contributed by atoms with Gasteiger partial charge in [0.15, 0.2) is 11.6 Å². The first kappa shape index (κ1) is 31.5. The molecule has 1 heterocycles. The summed E-state index contributed by atoms with van der Waals surface area (Å²) in [6.07, 6.45) is 4.20. The van der Waals surface area contributed by atoms with E-state index in [-0.39, 0.29) is 56.7 Å². The first-order chi connectivity index (χ1) is 19.8. The Labute approximate surface area is 242 Å². The molecule has 0 unspecified atom stereocenters. The lowest BCUT2D eigenvalue weighted by atomic mass is 9.95. The Bertz CT molecular complexity index is 1210. The molecule has 0 aliphatic carbocycles. The van der Waals surface area contributed by atoms with Crippen molar-refractivity contribution in [3.05, 3.63) is 91.0 Å². The van der Waals surface area contributed by atoms with Crippen LogP contribution >= 0.6 is 0 Å². The number of ether oxygens (including phenoxy) is 3. The molecule has 1 amide bonds. The Morgan fingerprint density at radius 1 is 0.976 bits per heavy atom. The van der Waals surface area contributed by atoms with Gasteiger partial charge in [-0.15, -0.1) is 6.58 Å². The highest BCUT2D eigenvalue weighted by Crippen LogP contribution is 2.27. The first-order valence-electron chi connectivity index (χ1n) is 13.9. The molecule has 1 aliphatic heterocycles. The van der Waals surface area contributed by atoms with Gasteiger partial charge in [0.05, 0.1) is 30.7 Å². The molecule has 8 heteroatoms. The van der Waals surface area contributed by atoms with Crippen LogP contribution in [0.15, 0.2) is 79.9 Å². The standard InChI is InChI=1S/C33H39NO7/c1-4-18-39-23-26(33(38)41-22-25-12-7-6-8-13-25)21-30(36)28-15-11-17-34(28)32(37)24(3)20-29(35)27-14-9-10-16-31(27)40-19-5-2/h4-10,12-14,16,24,26,28H,1-2,11,15,17-23H2,3H3/t24-,26+,28+/m1/s1. The summed E-state index contributed by atoms with van der Waals surface area (Å²) in [5.74, 6) is -2.23. The third-order valence-electron chi connectivity index (χ3n) is 6.92. The molecule has 2 aromatic carbocycles. The minimum Gasteiger partial charge on any atom is -0.489 e. The van der Waals surface area contributed by atoms with Gasteiger partial charge in [-0.2, -0.15) is 0 Å². The van der Waals surface area contributed by atoms with Crippen LogP contribution in [-0.2, 0) is 30.5 Å². The average molecular weight is 562 g/mol. The average Bonchev–Trinajstić information content (AvgIpc) is 3.49. The molecule has 8 nitrogen and oxygen atoms in total. The number of carbonyl (C=O) groups is 4. The molecule has 0 bridgehead atoms. The van der Waals surface area contributed by atoms with Crippen molar-refractivity contribution in [3.8, 4) is 5.75 Å². The first-order valence-corrected chi connectivity index (χ1v) is 13.9. The van der Waals surface area contributed by atoms with E-state index in [2.05, 4.69) is 13.2 Å². The van der Waals surface area contributed by atoms with Gasteiger partial charge in [0, 0.05) is 25.3 Å². The van der Waals surface area contributed by atoms with Crippen LogP contribution in [-0.4, -0.2) is 60.8 Å². The Morgan fingerprint density at radius 3 is 2.41 bits per heavy atom. The molecule has 1 fully saturated rings. The van der Waals surface area contributed by atoms with E-state index in [0.717, 1.165) is 5.56 Å². The molecule has 0 saturated carbocycles. The van der Waals surface area contributed by atoms with Crippen molar-refractivity contribution in [2.24, 2.45) is 11.8 Å². The molecule has 2 aromatic rings. The highest BCUT2D eigenvalue weighted by molar-refractivity contribution is 6.01. The lowest BCUT2D eigenvalue weighted by Gasteiger charge is -2.27. The number of benzene rings is 2. The van der Waals surface area contributed by atoms with Crippen molar-refractivity contribution in [3.63, 3.8) is 0 Å². The molecule has 0 radical (unpaired) electrons. The second kappa shape index (κ2) is 16.3. The maximum absolute atomic E-state index is 13.4. The zero-order chi connectivity index (χ0) is 29.6. The number of carbonyl (C=O) groups excluding carboxylic acids is 4. The summed E-state index contributed by atoms with van der Waals surface area (Å²) in [7, 11) is 0. The maximum Gasteiger partial charge on any atom is 0.312 e. The van der Waals surface area contributed by atoms with Crippen LogP contribution in [0, 0.1) is 11.8 Å². The monoisotopic (exact) mass is 561 g/mol. The van der Waals surface area contributed by atoms with Crippen LogP contribution in [0.1, 0.15) is 48.5 Å². The normalized spacial score (nSPS) is 15.9. The van der Waals surface area contributed by atoms with E-state index in [1.807, 2.05) is 30.3 Å².